The first kappa shape index (κ1) is 12.2. The van der Waals surface area contributed by atoms with Gasteiger partial charge in [0.15, 0.2) is 0 Å². The number of carbonyl (C=O) groups is 2. The zero-order valence-corrected chi connectivity index (χ0v) is 9.61. The van der Waals surface area contributed by atoms with E-state index in [4.69, 9.17) is 4.74 Å². The Balaban J connectivity index is 2.83. The number of carbonyl (C=O) groups excluding carboxylic acids is 2. The maximum absolute atomic E-state index is 11.7. The minimum absolute atomic E-state index is 0.0537. The van der Waals surface area contributed by atoms with Crippen molar-refractivity contribution in [3.63, 3.8) is 0 Å². The van der Waals surface area contributed by atoms with Gasteiger partial charge in [0.2, 0.25) is 5.78 Å². The van der Waals surface area contributed by atoms with Crippen LogP contribution in [0.3, 0.4) is 0 Å². The minimum Gasteiger partial charge on any atom is -0.497 e. The molecule has 0 saturated heterocycles. The lowest BCUT2D eigenvalue weighted by atomic mass is 10.1. The molecule has 16 heavy (non-hydrogen) atoms. The summed E-state index contributed by atoms with van der Waals surface area (Å²) in [6.07, 6.45) is 0. The molecule has 4 nitrogen and oxygen atoms in total. The number of nitrogens with one attached hydrogen (secondary N) is 1. The fraction of sp³-hybridized carbons (Fsp3) is 0.333. The predicted molar refractivity (Wildman–Crippen MR) is 60.6 cm³/mol. The molecule has 0 fully saturated rings. The van der Waals surface area contributed by atoms with Gasteiger partial charge in [-0.2, -0.15) is 0 Å². The highest BCUT2D eigenvalue weighted by molar-refractivity contribution is 6.42. The Labute approximate surface area is 94.6 Å². The SMILES string of the molecule is COc1cccc(C(=O)C(=O)NC(C)C)c1. The molecule has 0 atom stereocenters. The fourth-order valence-electron chi connectivity index (χ4n) is 1.22. The lowest BCUT2D eigenvalue weighted by molar-refractivity contribution is -0.117. The highest BCUT2D eigenvalue weighted by atomic mass is 16.5. The van der Waals surface area contributed by atoms with E-state index in [1.54, 1.807) is 38.1 Å². The van der Waals surface area contributed by atoms with Gasteiger partial charge >= 0.3 is 0 Å². The smallest absolute Gasteiger partial charge is 0.292 e. The summed E-state index contributed by atoms with van der Waals surface area (Å²) in [6, 6.07) is 6.47. The van der Waals surface area contributed by atoms with Gasteiger partial charge in [-0.05, 0) is 26.0 Å². The number of hydrogen-bond acceptors (Lipinski definition) is 3. The number of hydrogen-bond donors (Lipinski definition) is 1. The highest BCUT2D eigenvalue weighted by Gasteiger charge is 2.16. The normalized spacial score (nSPS) is 10.0. The third-order valence-corrected chi connectivity index (χ3v) is 1.96. The van der Waals surface area contributed by atoms with Crippen molar-refractivity contribution in [3.8, 4) is 5.75 Å². The second-order valence-electron chi connectivity index (χ2n) is 3.69. The van der Waals surface area contributed by atoms with E-state index in [-0.39, 0.29) is 6.04 Å². The molecule has 0 aliphatic carbocycles. The van der Waals surface area contributed by atoms with Gasteiger partial charge in [-0.25, -0.2) is 0 Å². The molecule has 1 N–H and O–H groups in total. The zero-order valence-electron chi connectivity index (χ0n) is 9.61. The van der Waals surface area contributed by atoms with Crippen molar-refractivity contribution in [2.75, 3.05) is 7.11 Å². The lowest BCUT2D eigenvalue weighted by Crippen LogP contribution is -2.35. The first-order valence-corrected chi connectivity index (χ1v) is 5.04. The molecule has 0 saturated carbocycles. The first-order chi connectivity index (χ1) is 7.54. The molecule has 1 amide bonds. The van der Waals surface area contributed by atoms with Gasteiger partial charge in [0, 0.05) is 11.6 Å². The van der Waals surface area contributed by atoms with Crippen LogP contribution in [0, 0.1) is 0 Å². The second-order valence-corrected chi connectivity index (χ2v) is 3.69. The van der Waals surface area contributed by atoms with E-state index in [1.165, 1.54) is 7.11 Å². The monoisotopic (exact) mass is 221 g/mol. The number of Topliss-reactive ketones (excluding diaryl/α,β-unsaturated/α-hetero) is 1. The third-order valence-electron chi connectivity index (χ3n) is 1.96. The second kappa shape index (κ2) is 5.30. The molecule has 0 aromatic heterocycles. The van der Waals surface area contributed by atoms with Gasteiger partial charge in [0.05, 0.1) is 7.11 Å². The van der Waals surface area contributed by atoms with E-state index in [0.29, 0.717) is 11.3 Å². The topological polar surface area (TPSA) is 55.4 Å². The summed E-state index contributed by atoms with van der Waals surface area (Å²) in [6.45, 7) is 3.60. The number of rotatable bonds is 4. The van der Waals surface area contributed by atoms with E-state index in [1.807, 2.05) is 0 Å². The van der Waals surface area contributed by atoms with E-state index in [2.05, 4.69) is 5.32 Å². The van der Waals surface area contributed by atoms with Crippen LogP contribution in [-0.4, -0.2) is 24.8 Å². The summed E-state index contributed by atoms with van der Waals surface area (Å²) in [5.41, 5.74) is 0.331. The van der Waals surface area contributed by atoms with Crippen LogP contribution in [0.2, 0.25) is 0 Å². The Hall–Kier alpha value is -1.84. The fourth-order valence-corrected chi connectivity index (χ4v) is 1.22. The summed E-state index contributed by atoms with van der Waals surface area (Å²) in [7, 11) is 1.51. The summed E-state index contributed by atoms with van der Waals surface area (Å²) >= 11 is 0. The van der Waals surface area contributed by atoms with E-state index < -0.39 is 11.7 Å². The molecule has 0 aliphatic heterocycles. The number of ether oxygens (including phenoxy) is 1. The van der Waals surface area contributed by atoms with Crippen LogP contribution >= 0.6 is 0 Å². The molecule has 1 aromatic carbocycles. The number of benzene rings is 1. The van der Waals surface area contributed by atoms with Crippen LogP contribution in [-0.2, 0) is 4.79 Å². The average molecular weight is 221 g/mol. The van der Waals surface area contributed by atoms with Gasteiger partial charge in [-0.15, -0.1) is 0 Å². The highest BCUT2D eigenvalue weighted by Crippen LogP contribution is 2.12. The average Bonchev–Trinajstić information content (AvgIpc) is 2.27. The summed E-state index contributed by atoms with van der Waals surface area (Å²) < 4.78 is 4.98. The minimum atomic E-state index is -0.594. The number of amides is 1. The van der Waals surface area contributed by atoms with Crippen molar-refractivity contribution < 1.29 is 14.3 Å². The van der Waals surface area contributed by atoms with Gasteiger partial charge in [0.25, 0.3) is 5.91 Å². The van der Waals surface area contributed by atoms with E-state index >= 15 is 0 Å². The molecule has 1 rings (SSSR count). The zero-order chi connectivity index (χ0) is 12.1. The largest absolute Gasteiger partial charge is 0.497 e. The molecule has 0 aliphatic rings. The Morgan fingerprint density at radius 2 is 2.00 bits per heavy atom. The molecular weight excluding hydrogens is 206 g/mol. The van der Waals surface area contributed by atoms with Gasteiger partial charge in [-0.1, -0.05) is 12.1 Å². The molecular formula is C12H15NO3. The molecule has 1 aromatic rings. The number of methoxy groups -OCH3 is 1. The lowest BCUT2D eigenvalue weighted by Gasteiger charge is -2.07. The van der Waals surface area contributed by atoms with Gasteiger partial charge < -0.3 is 10.1 Å². The Kier molecular flexibility index (Phi) is 4.05. The molecule has 0 unspecified atom stereocenters. The Morgan fingerprint density at radius 1 is 1.31 bits per heavy atom. The molecule has 0 bridgehead atoms. The van der Waals surface area contributed by atoms with Crippen molar-refractivity contribution in [1.82, 2.24) is 5.32 Å². The maximum Gasteiger partial charge on any atom is 0.292 e. The molecule has 4 heteroatoms. The summed E-state index contributed by atoms with van der Waals surface area (Å²) in [4.78, 5) is 23.1. The molecule has 0 heterocycles. The summed E-state index contributed by atoms with van der Waals surface area (Å²) in [5, 5.41) is 2.55. The van der Waals surface area contributed by atoms with Crippen LogP contribution in [0.4, 0.5) is 0 Å². The molecule has 0 spiro atoms. The van der Waals surface area contributed by atoms with E-state index in [9.17, 15) is 9.59 Å². The van der Waals surface area contributed by atoms with Crippen molar-refractivity contribution in [2.24, 2.45) is 0 Å². The van der Waals surface area contributed by atoms with Crippen LogP contribution in [0.25, 0.3) is 0 Å². The van der Waals surface area contributed by atoms with E-state index in [0.717, 1.165) is 0 Å². The van der Waals surface area contributed by atoms with Crippen molar-refractivity contribution in [2.45, 2.75) is 19.9 Å². The standard InChI is InChI=1S/C12H15NO3/c1-8(2)13-12(15)11(14)9-5-4-6-10(7-9)16-3/h4-8H,1-3H3,(H,13,15). The Bertz CT molecular complexity index is 399. The van der Waals surface area contributed by atoms with Crippen LogP contribution < -0.4 is 10.1 Å². The van der Waals surface area contributed by atoms with Crippen LogP contribution in [0.15, 0.2) is 24.3 Å². The van der Waals surface area contributed by atoms with Crippen molar-refractivity contribution in [3.05, 3.63) is 29.8 Å². The van der Waals surface area contributed by atoms with Crippen LogP contribution in [0.5, 0.6) is 5.75 Å². The predicted octanol–water partition coefficient (Wildman–Crippen LogP) is 1.40. The third kappa shape index (κ3) is 3.08. The first-order valence-electron chi connectivity index (χ1n) is 5.04. The summed E-state index contributed by atoms with van der Waals surface area (Å²) in [5.74, 6) is -0.584. The maximum atomic E-state index is 11.7. The Morgan fingerprint density at radius 3 is 2.56 bits per heavy atom. The molecule has 0 radical (unpaired) electrons. The van der Waals surface area contributed by atoms with Gasteiger partial charge in [0.1, 0.15) is 5.75 Å². The van der Waals surface area contributed by atoms with Crippen molar-refractivity contribution in [1.29, 1.82) is 0 Å². The quantitative estimate of drug-likeness (QED) is 0.617. The molecule has 86 valence electrons. The number of ketones is 1. The van der Waals surface area contributed by atoms with Crippen LogP contribution in [0.1, 0.15) is 24.2 Å². The van der Waals surface area contributed by atoms with Gasteiger partial charge in [-0.3, -0.25) is 9.59 Å². The van der Waals surface area contributed by atoms with Crippen molar-refractivity contribution >= 4 is 11.7 Å².